The van der Waals surface area contributed by atoms with Crippen LogP contribution in [0.15, 0.2) is 98.4 Å². The van der Waals surface area contributed by atoms with Crippen LogP contribution in [0.3, 0.4) is 0 Å². The van der Waals surface area contributed by atoms with Crippen LogP contribution in [-0.4, -0.2) is 10.1 Å². The van der Waals surface area contributed by atoms with Crippen molar-refractivity contribution in [2.75, 3.05) is 4.90 Å². The van der Waals surface area contributed by atoms with Gasteiger partial charge in [-0.2, -0.15) is 0 Å². The van der Waals surface area contributed by atoms with Gasteiger partial charge in [-0.15, -0.1) is 0 Å². The van der Waals surface area contributed by atoms with Crippen LogP contribution in [0.2, 0.25) is 0 Å². The van der Waals surface area contributed by atoms with Crippen molar-refractivity contribution < 1.29 is 4.42 Å². The summed E-state index contributed by atoms with van der Waals surface area (Å²) in [5.74, 6) is 1.64. The minimum Gasteiger partial charge on any atom is -0.459 e. The van der Waals surface area contributed by atoms with Crippen molar-refractivity contribution in [3.8, 4) is 11.3 Å². The van der Waals surface area contributed by atoms with E-state index in [4.69, 9.17) is 16.6 Å². The fourth-order valence-electron chi connectivity index (χ4n) is 3.80. The number of nitrogens with one attached hydrogen (secondary N) is 1. The molecule has 1 aliphatic heterocycles. The standard InChI is InChI=1S/C24H17Br2N3OS/c25-16-6-4-15(5-7-16)20-12-13-21(30-20)23-22(19-3-1-2-14-27-19)28-24(31)29(23)18-10-8-17(26)9-11-18/h1-14,22-23H,(H,28,31)/t22-,23+/m1/s1. The molecule has 0 unspecified atom stereocenters. The molecule has 0 saturated carbocycles. The normalized spacial score (nSPS) is 18.3. The maximum Gasteiger partial charge on any atom is 0.174 e. The van der Waals surface area contributed by atoms with Gasteiger partial charge in [-0.05, 0) is 72.9 Å². The molecular weight excluding hydrogens is 538 g/mol. The SMILES string of the molecule is S=C1N[C@H](c2ccccn2)[C@H](c2ccc(-c3ccc(Br)cc3)o2)N1c1ccc(Br)cc1. The molecule has 154 valence electrons. The molecule has 0 bridgehead atoms. The van der Waals surface area contributed by atoms with Gasteiger partial charge in [0.1, 0.15) is 17.6 Å². The van der Waals surface area contributed by atoms with Crippen LogP contribution in [0.4, 0.5) is 5.69 Å². The Morgan fingerprint density at radius 3 is 2.26 bits per heavy atom. The molecule has 4 nitrogen and oxygen atoms in total. The molecule has 31 heavy (non-hydrogen) atoms. The molecule has 5 rings (SSSR count). The van der Waals surface area contributed by atoms with Gasteiger partial charge in [-0.25, -0.2) is 0 Å². The van der Waals surface area contributed by atoms with Crippen LogP contribution in [0.5, 0.6) is 0 Å². The van der Waals surface area contributed by atoms with Gasteiger partial charge >= 0.3 is 0 Å². The second-order valence-corrected chi connectivity index (χ2v) is 9.40. The van der Waals surface area contributed by atoms with E-state index in [-0.39, 0.29) is 12.1 Å². The molecule has 2 atom stereocenters. The number of thiocarbonyl (C=S) groups is 1. The van der Waals surface area contributed by atoms with Crippen LogP contribution in [0.1, 0.15) is 23.5 Å². The minimum atomic E-state index is -0.173. The molecule has 2 aromatic carbocycles. The van der Waals surface area contributed by atoms with Crippen molar-refractivity contribution in [2.24, 2.45) is 0 Å². The lowest BCUT2D eigenvalue weighted by Crippen LogP contribution is -2.29. The molecule has 0 amide bonds. The number of hydrogen-bond acceptors (Lipinski definition) is 3. The molecule has 0 spiro atoms. The van der Waals surface area contributed by atoms with E-state index in [9.17, 15) is 0 Å². The first-order chi connectivity index (χ1) is 15.1. The lowest BCUT2D eigenvalue weighted by atomic mass is 10.0. The molecule has 0 aliphatic carbocycles. The summed E-state index contributed by atoms with van der Waals surface area (Å²) in [7, 11) is 0. The Bertz CT molecular complexity index is 1210. The van der Waals surface area contributed by atoms with Crippen LogP contribution in [0, 0.1) is 0 Å². The monoisotopic (exact) mass is 553 g/mol. The molecule has 1 fully saturated rings. The molecule has 4 aromatic rings. The first kappa shape index (κ1) is 20.4. The van der Waals surface area contributed by atoms with Crippen molar-refractivity contribution in [2.45, 2.75) is 12.1 Å². The van der Waals surface area contributed by atoms with Crippen LogP contribution >= 0.6 is 44.1 Å². The Balaban J connectivity index is 1.59. The number of anilines is 1. The predicted octanol–water partition coefficient (Wildman–Crippen LogP) is 7.04. The smallest absolute Gasteiger partial charge is 0.174 e. The zero-order chi connectivity index (χ0) is 21.4. The Kier molecular flexibility index (Phi) is 5.65. The Morgan fingerprint density at radius 2 is 1.58 bits per heavy atom. The summed E-state index contributed by atoms with van der Waals surface area (Å²) in [4.78, 5) is 6.69. The maximum absolute atomic E-state index is 6.38. The van der Waals surface area contributed by atoms with Gasteiger partial charge in [0.25, 0.3) is 0 Å². The van der Waals surface area contributed by atoms with E-state index in [1.807, 2.05) is 78.9 Å². The van der Waals surface area contributed by atoms with Crippen LogP contribution < -0.4 is 10.2 Å². The highest BCUT2D eigenvalue weighted by Gasteiger charge is 2.42. The summed E-state index contributed by atoms with van der Waals surface area (Å²) in [5.41, 5.74) is 2.93. The van der Waals surface area contributed by atoms with E-state index in [0.717, 1.165) is 37.4 Å². The zero-order valence-corrected chi connectivity index (χ0v) is 20.2. The highest BCUT2D eigenvalue weighted by Crippen LogP contribution is 2.43. The van der Waals surface area contributed by atoms with Gasteiger partial charge in [0.15, 0.2) is 5.11 Å². The average molecular weight is 555 g/mol. The number of furan rings is 1. The molecule has 7 heteroatoms. The van der Waals surface area contributed by atoms with Gasteiger partial charge < -0.3 is 14.6 Å². The molecule has 1 aliphatic rings. The lowest BCUT2D eigenvalue weighted by molar-refractivity contribution is 0.439. The van der Waals surface area contributed by atoms with E-state index < -0.39 is 0 Å². The van der Waals surface area contributed by atoms with Gasteiger partial charge in [-0.1, -0.05) is 50.1 Å². The second-order valence-electron chi connectivity index (χ2n) is 7.18. The highest BCUT2D eigenvalue weighted by molar-refractivity contribution is 9.10. The Labute approximate surface area is 202 Å². The first-order valence-electron chi connectivity index (χ1n) is 9.72. The number of halogens is 2. The quantitative estimate of drug-likeness (QED) is 0.274. The van der Waals surface area contributed by atoms with Crippen LogP contribution in [0.25, 0.3) is 11.3 Å². The number of benzene rings is 2. The van der Waals surface area contributed by atoms with Gasteiger partial charge in [0.2, 0.25) is 0 Å². The fraction of sp³-hybridized carbons (Fsp3) is 0.0833. The van der Waals surface area contributed by atoms with E-state index >= 15 is 0 Å². The summed E-state index contributed by atoms with van der Waals surface area (Å²) in [6, 6.07) is 25.8. The average Bonchev–Trinajstić information content (AvgIpc) is 3.40. The van der Waals surface area contributed by atoms with Crippen molar-refractivity contribution in [1.29, 1.82) is 0 Å². The maximum atomic E-state index is 6.38. The summed E-state index contributed by atoms with van der Waals surface area (Å²) >= 11 is 12.8. The predicted molar refractivity (Wildman–Crippen MR) is 134 cm³/mol. The van der Waals surface area contributed by atoms with Crippen molar-refractivity contribution in [1.82, 2.24) is 10.3 Å². The zero-order valence-electron chi connectivity index (χ0n) is 16.2. The molecule has 1 saturated heterocycles. The third kappa shape index (κ3) is 4.05. The minimum absolute atomic E-state index is 0.138. The van der Waals surface area contributed by atoms with Gasteiger partial charge in [-0.3, -0.25) is 4.98 Å². The van der Waals surface area contributed by atoms with E-state index in [1.165, 1.54) is 0 Å². The Morgan fingerprint density at radius 1 is 0.871 bits per heavy atom. The van der Waals surface area contributed by atoms with Crippen molar-refractivity contribution in [3.63, 3.8) is 0 Å². The van der Waals surface area contributed by atoms with Crippen LogP contribution in [-0.2, 0) is 0 Å². The largest absolute Gasteiger partial charge is 0.459 e. The van der Waals surface area contributed by atoms with Crippen molar-refractivity contribution in [3.05, 3.63) is 105 Å². The number of nitrogens with zero attached hydrogens (tertiary/aromatic N) is 2. The van der Waals surface area contributed by atoms with E-state index in [2.05, 4.69) is 47.1 Å². The lowest BCUT2D eigenvalue weighted by Gasteiger charge is -2.26. The molecule has 1 N–H and O–H groups in total. The summed E-state index contributed by atoms with van der Waals surface area (Å²) in [6.45, 7) is 0. The molecular formula is C24H17Br2N3OS. The Hall–Kier alpha value is -2.48. The summed E-state index contributed by atoms with van der Waals surface area (Å²) in [6.07, 6.45) is 1.80. The third-order valence-corrected chi connectivity index (χ3v) is 6.62. The molecule has 3 heterocycles. The number of rotatable bonds is 4. The molecule has 2 aromatic heterocycles. The van der Waals surface area contributed by atoms with Crippen molar-refractivity contribution >= 4 is 54.9 Å². The van der Waals surface area contributed by atoms with E-state index in [1.54, 1.807) is 6.20 Å². The topological polar surface area (TPSA) is 41.3 Å². The number of aromatic nitrogens is 1. The fourth-order valence-corrected chi connectivity index (χ4v) is 4.68. The number of pyridine rings is 1. The van der Waals surface area contributed by atoms with E-state index in [0.29, 0.717) is 5.11 Å². The molecule has 0 radical (unpaired) electrons. The highest BCUT2D eigenvalue weighted by atomic mass is 79.9. The van der Waals surface area contributed by atoms with Gasteiger partial charge in [0, 0.05) is 26.4 Å². The summed E-state index contributed by atoms with van der Waals surface area (Å²) < 4.78 is 8.42. The first-order valence-corrected chi connectivity index (χ1v) is 11.7. The van der Waals surface area contributed by atoms with Gasteiger partial charge in [0.05, 0.1) is 11.7 Å². The second kappa shape index (κ2) is 8.57. The summed E-state index contributed by atoms with van der Waals surface area (Å²) in [5, 5.41) is 4.10. The number of hydrogen-bond donors (Lipinski definition) is 1. The third-order valence-electron chi connectivity index (χ3n) is 5.25.